The van der Waals surface area contributed by atoms with Gasteiger partial charge in [-0.3, -0.25) is 4.79 Å². The fourth-order valence-electron chi connectivity index (χ4n) is 2.23. The average molecular weight is 253 g/mol. The molecular formula is C14H17F2NO. The van der Waals surface area contributed by atoms with E-state index in [2.05, 4.69) is 0 Å². The molecule has 1 aliphatic heterocycles. The van der Waals surface area contributed by atoms with Crippen molar-refractivity contribution in [1.82, 2.24) is 0 Å². The molecule has 18 heavy (non-hydrogen) atoms. The number of rotatable bonds is 2. The number of anilines is 1. The van der Waals surface area contributed by atoms with Crippen LogP contribution in [0, 0.1) is 0 Å². The lowest BCUT2D eigenvalue weighted by atomic mass is 10.1. The van der Waals surface area contributed by atoms with Gasteiger partial charge in [-0.15, -0.1) is 0 Å². The van der Waals surface area contributed by atoms with Crippen molar-refractivity contribution in [3.63, 3.8) is 0 Å². The first-order chi connectivity index (χ1) is 8.48. The van der Waals surface area contributed by atoms with E-state index in [1.807, 2.05) is 17.0 Å². The maximum Gasteiger partial charge on any atom is 0.249 e. The predicted octanol–water partition coefficient (Wildman–Crippen LogP) is 3.51. The average Bonchev–Trinajstić information content (AvgIpc) is 2.50. The highest BCUT2D eigenvalue weighted by Gasteiger charge is 2.31. The minimum atomic E-state index is -2.53. The van der Waals surface area contributed by atoms with Gasteiger partial charge in [0.05, 0.1) is 0 Å². The van der Waals surface area contributed by atoms with Crippen LogP contribution in [0.3, 0.4) is 0 Å². The van der Waals surface area contributed by atoms with Crippen molar-refractivity contribution in [2.24, 2.45) is 0 Å². The summed E-state index contributed by atoms with van der Waals surface area (Å²) in [7, 11) is 0. The summed E-state index contributed by atoms with van der Waals surface area (Å²) in [5.41, 5.74) is 1.57. The van der Waals surface area contributed by atoms with Crippen LogP contribution < -0.4 is 4.90 Å². The summed E-state index contributed by atoms with van der Waals surface area (Å²) in [6.45, 7) is 2.53. The third-order valence-electron chi connectivity index (χ3n) is 3.36. The zero-order valence-corrected chi connectivity index (χ0v) is 10.5. The van der Waals surface area contributed by atoms with Crippen molar-refractivity contribution < 1.29 is 13.6 Å². The van der Waals surface area contributed by atoms with Gasteiger partial charge in [-0.1, -0.05) is 0 Å². The van der Waals surface area contributed by atoms with Gasteiger partial charge < -0.3 is 4.90 Å². The number of ketones is 1. The number of carbonyl (C=O) groups excluding carboxylic acids is 1. The third-order valence-corrected chi connectivity index (χ3v) is 3.36. The molecule has 0 atom stereocenters. The van der Waals surface area contributed by atoms with E-state index in [0.717, 1.165) is 5.69 Å². The number of nitrogens with zero attached hydrogens (tertiary/aromatic N) is 1. The molecule has 0 saturated carbocycles. The van der Waals surface area contributed by atoms with E-state index in [9.17, 15) is 13.6 Å². The highest BCUT2D eigenvalue weighted by atomic mass is 19.3. The topological polar surface area (TPSA) is 20.3 Å². The second kappa shape index (κ2) is 5.04. The molecule has 4 heteroatoms. The van der Waals surface area contributed by atoms with Crippen LogP contribution in [-0.4, -0.2) is 24.8 Å². The Kier molecular flexibility index (Phi) is 3.64. The lowest BCUT2D eigenvalue weighted by Crippen LogP contribution is -2.25. The minimum Gasteiger partial charge on any atom is -0.371 e. The van der Waals surface area contributed by atoms with Gasteiger partial charge in [0.2, 0.25) is 5.92 Å². The SMILES string of the molecule is CC(=O)c1ccc(N2CCCC(F)(F)CC2)cc1. The molecule has 0 aromatic heterocycles. The molecule has 0 aliphatic carbocycles. The Balaban J connectivity index is 2.09. The van der Waals surface area contributed by atoms with E-state index in [4.69, 9.17) is 0 Å². The molecule has 0 spiro atoms. The minimum absolute atomic E-state index is 0.0175. The Labute approximate surface area is 106 Å². The number of Topliss-reactive ketones (excluding diaryl/α,β-unsaturated/α-hetero) is 1. The first-order valence-electron chi connectivity index (χ1n) is 6.22. The van der Waals surface area contributed by atoms with Crippen LogP contribution in [0.15, 0.2) is 24.3 Å². The molecule has 1 aliphatic rings. The molecule has 1 fully saturated rings. The number of alkyl halides is 2. The van der Waals surface area contributed by atoms with Gasteiger partial charge in [-0.05, 0) is 37.6 Å². The van der Waals surface area contributed by atoms with Crippen molar-refractivity contribution in [3.8, 4) is 0 Å². The Morgan fingerprint density at radius 2 is 1.83 bits per heavy atom. The van der Waals surface area contributed by atoms with Crippen molar-refractivity contribution in [3.05, 3.63) is 29.8 Å². The normalized spacial score (nSPS) is 19.4. The fraction of sp³-hybridized carbons (Fsp3) is 0.500. The number of hydrogen-bond donors (Lipinski definition) is 0. The second-order valence-corrected chi connectivity index (χ2v) is 4.80. The quantitative estimate of drug-likeness (QED) is 0.752. The van der Waals surface area contributed by atoms with Crippen molar-refractivity contribution in [1.29, 1.82) is 0 Å². The first-order valence-corrected chi connectivity index (χ1v) is 6.22. The molecule has 2 nitrogen and oxygen atoms in total. The summed E-state index contributed by atoms with van der Waals surface area (Å²) >= 11 is 0. The molecule has 1 aromatic rings. The standard InChI is InChI=1S/C14H17F2NO/c1-11(18)12-3-5-13(6-4-12)17-9-2-7-14(15,16)8-10-17/h3-6H,2,7-10H2,1H3. The van der Waals surface area contributed by atoms with Crippen LogP contribution in [0.1, 0.15) is 36.5 Å². The largest absolute Gasteiger partial charge is 0.371 e. The maximum absolute atomic E-state index is 13.3. The molecule has 0 radical (unpaired) electrons. The van der Waals surface area contributed by atoms with E-state index >= 15 is 0 Å². The van der Waals surface area contributed by atoms with Gasteiger partial charge in [0.1, 0.15) is 0 Å². The Hall–Kier alpha value is -1.45. The fourth-order valence-corrected chi connectivity index (χ4v) is 2.23. The van der Waals surface area contributed by atoms with Gasteiger partial charge in [-0.25, -0.2) is 8.78 Å². The summed E-state index contributed by atoms with van der Waals surface area (Å²) in [6.07, 6.45) is 0.373. The van der Waals surface area contributed by atoms with Crippen LogP contribution in [0.2, 0.25) is 0 Å². The lowest BCUT2D eigenvalue weighted by molar-refractivity contribution is -0.0102. The van der Waals surface area contributed by atoms with E-state index in [0.29, 0.717) is 25.1 Å². The van der Waals surface area contributed by atoms with E-state index in [-0.39, 0.29) is 18.6 Å². The number of benzene rings is 1. The molecule has 1 saturated heterocycles. The second-order valence-electron chi connectivity index (χ2n) is 4.80. The predicted molar refractivity (Wildman–Crippen MR) is 67.5 cm³/mol. The van der Waals surface area contributed by atoms with Crippen molar-refractivity contribution in [2.45, 2.75) is 32.1 Å². The summed E-state index contributed by atoms with van der Waals surface area (Å²) < 4.78 is 26.5. The van der Waals surface area contributed by atoms with Gasteiger partial charge in [0.25, 0.3) is 0 Å². The maximum atomic E-state index is 13.3. The van der Waals surface area contributed by atoms with E-state index in [1.54, 1.807) is 12.1 Å². The van der Waals surface area contributed by atoms with Gasteiger partial charge >= 0.3 is 0 Å². The van der Waals surface area contributed by atoms with Crippen molar-refractivity contribution in [2.75, 3.05) is 18.0 Å². The first kappa shape index (κ1) is 13.0. The molecule has 0 bridgehead atoms. The summed E-state index contributed by atoms with van der Waals surface area (Å²) in [4.78, 5) is 13.1. The summed E-state index contributed by atoms with van der Waals surface area (Å²) in [5, 5.41) is 0. The molecule has 2 rings (SSSR count). The molecule has 1 aromatic carbocycles. The van der Waals surface area contributed by atoms with Gasteiger partial charge in [0.15, 0.2) is 5.78 Å². The van der Waals surface area contributed by atoms with Crippen molar-refractivity contribution >= 4 is 11.5 Å². The Bertz CT molecular complexity index is 428. The molecular weight excluding hydrogens is 236 g/mol. The molecule has 0 N–H and O–H groups in total. The zero-order valence-electron chi connectivity index (χ0n) is 10.5. The number of carbonyl (C=O) groups is 1. The molecule has 0 unspecified atom stereocenters. The van der Waals surface area contributed by atoms with Crippen LogP contribution in [0.25, 0.3) is 0 Å². The number of hydrogen-bond acceptors (Lipinski definition) is 2. The zero-order chi connectivity index (χ0) is 13.2. The summed E-state index contributed by atoms with van der Waals surface area (Å²) in [5.74, 6) is -2.52. The highest BCUT2D eigenvalue weighted by Crippen LogP contribution is 2.29. The van der Waals surface area contributed by atoms with Crippen LogP contribution in [0.5, 0.6) is 0 Å². The van der Waals surface area contributed by atoms with Crippen LogP contribution in [-0.2, 0) is 0 Å². The lowest BCUT2D eigenvalue weighted by Gasteiger charge is -2.22. The van der Waals surface area contributed by atoms with E-state index < -0.39 is 5.92 Å². The molecule has 1 heterocycles. The smallest absolute Gasteiger partial charge is 0.249 e. The molecule has 0 amide bonds. The van der Waals surface area contributed by atoms with Crippen LogP contribution in [0.4, 0.5) is 14.5 Å². The summed E-state index contributed by atoms with van der Waals surface area (Å²) in [6, 6.07) is 7.17. The Morgan fingerprint density at radius 3 is 2.44 bits per heavy atom. The molecule has 98 valence electrons. The number of halogens is 2. The van der Waals surface area contributed by atoms with E-state index in [1.165, 1.54) is 6.92 Å². The van der Waals surface area contributed by atoms with Gasteiger partial charge in [-0.2, -0.15) is 0 Å². The highest BCUT2D eigenvalue weighted by molar-refractivity contribution is 5.94. The van der Waals surface area contributed by atoms with Crippen LogP contribution >= 0.6 is 0 Å². The third kappa shape index (κ3) is 3.06. The monoisotopic (exact) mass is 253 g/mol. The Morgan fingerprint density at radius 1 is 1.17 bits per heavy atom. The van der Waals surface area contributed by atoms with Gasteiger partial charge in [0, 0.05) is 37.2 Å².